The van der Waals surface area contributed by atoms with Crippen LogP contribution in [-0.4, -0.2) is 35.0 Å². The van der Waals surface area contributed by atoms with Gasteiger partial charge in [-0.3, -0.25) is 13.9 Å². The van der Waals surface area contributed by atoms with Gasteiger partial charge >= 0.3 is 0 Å². The van der Waals surface area contributed by atoms with Gasteiger partial charge in [0.2, 0.25) is 11.7 Å². The normalized spacial score (nSPS) is 17.9. The van der Waals surface area contributed by atoms with E-state index in [2.05, 4.69) is 11.9 Å². The zero-order chi connectivity index (χ0) is 20.7. The van der Waals surface area contributed by atoms with Gasteiger partial charge in [0, 0.05) is 81.3 Å². The molecule has 27 heavy (non-hydrogen) atoms. The monoisotopic (exact) mass is 504 g/mol. The molecule has 0 spiro atoms. The van der Waals surface area contributed by atoms with Crippen molar-refractivity contribution in [1.29, 1.82) is 5.26 Å². The second-order valence-electron chi connectivity index (χ2n) is 6.21. The van der Waals surface area contributed by atoms with E-state index in [1.165, 1.54) is 29.2 Å². The first kappa shape index (κ1) is 23.2. The van der Waals surface area contributed by atoms with E-state index in [4.69, 9.17) is 0 Å². The minimum absolute atomic E-state index is 0.0164. The van der Waals surface area contributed by atoms with Gasteiger partial charge in [-0.1, -0.05) is 6.58 Å². The van der Waals surface area contributed by atoms with Gasteiger partial charge in [-0.25, -0.2) is 4.39 Å². The van der Waals surface area contributed by atoms with Crippen molar-refractivity contribution in [2.75, 3.05) is 14.1 Å². The van der Waals surface area contributed by atoms with Gasteiger partial charge < -0.3 is 10.2 Å². The highest BCUT2D eigenvalue weighted by atomic mass is 127. The van der Waals surface area contributed by atoms with Crippen LogP contribution in [0.15, 0.2) is 47.3 Å². The number of allylic oxidation sites excluding steroid dienone is 4. The lowest BCUT2D eigenvalue weighted by molar-refractivity contribution is -0.118. The van der Waals surface area contributed by atoms with Gasteiger partial charge in [0.15, 0.2) is 0 Å². The standard InChI is InChI=1S/C18H22FIN4O2S/c1-11(22-13(3)25)16(19)7-6-14-8-17(24(27-20)12(14)2)18(26)15(9-21)10-23(4)5/h8,10,14H,2,6-7H2,1,3-5H3,(H,22,25)/b15-10+,16-11-. The number of ketones is 1. The lowest BCUT2D eigenvalue weighted by atomic mass is 10.0. The molecule has 0 saturated heterocycles. The number of rotatable bonds is 8. The molecule has 0 aromatic carbocycles. The van der Waals surface area contributed by atoms with Crippen molar-refractivity contribution in [2.24, 2.45) is 5.92 Å². The SMILES string of the molecule is C=C1C(CC/C(F)=C(\C)NC(C)=O)C=C(C(=O)/C(C#N)=C/N(C)C)N1SI. The van der Waals surface area contributed by atoms with Crippen molar-refractivity contribution in [3.8, 4) is 6.07 Å². The maximum atomic E-state index is 14.2. The molecule has 1 aliphatic heterocycles. The first-order valence-electron chi connectivity index (χ1n) is 8.07. The molecule has 0 aromatic heterocycles. The van der Waals surface area contributed by atoms with Crippen molar-refractivity contribution < 1.29 is 14.0 Å². The Morgan fingerprint density at radius 2 is 2.15 bits per heavy atom. The Hall–Kier alpha value is -1.80. The van der Waals surface area contributed by atoms with Crippen LogP contribution >= 0.6 is 30.3 Å². The second-order valence-corrected chi connectivity index (χ2v) is 7.90. The Kier molecular flexibility index (Phi) is 9.05. The maximum Gasteiger partial charge on any atom is 0.221 e. The number of hydrogen-bond acceptors (Lipinski definition) is 6. The molecule has 1 rings (SSSR count). The number of carbonyl (C=O) groups is 2. The molecule has 0 saturated carbocycles. The highest BCUT2D eigenvalue weighted by Gasteiger charge is 2.33. The number of Topliss-reactive ketones (excluding diaryl/α,β-unsaturated/α-hetero) is 1. The second kappa shape index (κ2) is 10.5. The fourth-order valence-electron chi connectivity index (χ4n) is 2.50. The molecule has 0 aromatic rings. The van der Waals surface area contributed by atoms with Gasteiger partial charge in [0.25, 0.3) is 0 Å². The molecule has 1 unspecified atom stereocenters. The van der Waals surface area contributed by atoms with Gasteiger partial charge in [-0.15, -0.1) is 0 Å². The number of amides is 1. The molecule has 1 amide bonds. The summed E-state index contributed by atoms with van der Waals surface area (Å²) in [4.78, 5) is 25.4. The van der Waals surface area contributed by atoms with E-state index in [1.807, 2.05) is 27.3 Å². The molecule has 1 N–H and O–H groups in total. The van der Waals surface area contributed by atoms with E-state index in [9.17, 15) is 19.2 Å². The summed E-state index contributed by atoms with van der Waals surface area (Å²) in [5.41, 5.74) is 1.21. The number of halogens is 2. The third kappa shape index (κ3) is 6.39. The van der Waals surface area contributed by atoms with Gasteiger partial charge in [0.1, 0.15) is 17.5 Å². The zero-order valence-corrected chi connectivity index (χ0v) is 18.6. The molecular formula is C18H22FIN4O2S. The molecule has 6 nitrogen and oxygen atoms in total. The van der Waals surface area contributed by atoms with E-state index < -0.39 is 11.6 Å². The Bertz CT molecular complexity index is 768. The predicted octanol–water partition coefficient (Wildman–Crippen LogP) is 3.97. The maximum absolute atomic E-state index is 14.2. The quantitative estimate of drug-likeness (QED) is 0.233. The minimum Gasteiger partial charge on any atom is -0.382 e. The molecule has 1 heterocycles. The summed E-state index contributed by atoms with van der Waals surface area (Å²) in [6.07, 6.45) is 3.68. The van der Waals surface area contributed by atoms with E-state index >= 15 is 0 Å². The molecule has 0 bridgehead atoms. The molecule has 1 atom stereocenters. The van der Waals surface area contributed by atoms with Crippen LogP contribution in [0.1, 0.15) is 26.7 Å². The van der Waals surface area contributed by atoms with E-state index in [-0.39, 0.29) is 29.5 Å². The van der Waals surface area contributed by atoms with Crippen LogP contribution in [0.25, 0.3) is 0 Å². The Labute approximate surface area is 175 Å². The Morgan fingerprint density at radius 1 is 1.52 bits per heavy atom. The van der Waals surface area contributed by atoms with Gasteiger partial charge in [-0.2, -0.15) is 5.26 Å². The number of nitriles is 1. The molecule has 0 fully saturated rings. The summed E-state index contributed by atoms with van der Waals surface area (Å²) in [7, 11) is 4.74. The summed E-state index contributed by atoms with van der Waals surface area (Å²) in [5.74, 6) is -1.37. The average molecular weight is 504 g/mol. The first-order valence-corrected chi connectivity index (χ1v) is 11.4. The van der Waals surface area contributed by atoms with Crippen molar-refractivity contribution >= 4 is 42.0 Å². The van der Waals surface area contributed by atoms with Crippen LogP contribution in [0, 0.1) is 17.2 Å². The third-order valence-corrected chi connectivity index (χ3v) is 5.52. The Balaban J connectivity index is 3.01. The van der Waals surface area contributed by atoms with Crippen molar-refractivity contribution in [3.63, 3.8) is 0 Å². The zero-order valence-electron chi connectivity index (χ0n) is 15.7. The van der Waals surface area contributed by atoms with E-state index in [0.29, 0.717) is 17.8 Å². The highest BCUT2D eigenvalue weighted by Crippen LogP contribution is 2.41. The summed E-state index contributed by atoms with van der Waals surface area (Å²) < 4.78 is 15.8. The number of carbonyl (C=O) groups excluding carboxylic acids is 2. The summed E-state index contributed by atoms with van der Waals surface area (Å²) in [5, 5.41) is 11.7. The van der Waals surface area contributed by atoms with Crippen LogP contribution in [0.5, 0.6) is 0 Å². The fourth-order valence-corrected chi connectivity index (χ4v) is 4.33. The van der Waals surface area contributed by atoms with Crippen LogP contribution in [0.4, 0.5) is 4.39 Å². The van der Waals surface area contributed by atoms with Crippen molar-refractivity contribution in [1.82, 2.24) is 14.5 Å². The first-order chi connectivity index (χ1) is 12.6. The summed E-state index contributed by atoms with van der Waals surface area (Å²) in [6, 6.07) is 1.92. The van der Waals surface area contributed by atoms with Crippen LogP contribution < -0.4 is 5.32 Å². The summed E-state index contributed by atoms with van der Waals surface area (Å²) >= 11 is 2.03. The molecule has 0 radical (unpaired) electrons. The van der Waals surface area contributed by atoms with Crippen molar-refractivity contribution in [2.45, 2.75) is 26.7 Å². The molecule has 146 valence electrons. The van der Waals surface area contributed by atoms with Crippen LogP contribution in [0.3, 0.4) is 0 Å². The molecule has 0 aliphatic carbocycles. The predicted molar refractivity (Wildman–Crippen MR) is 113 cm³/mol. The van der Waals surface area contributed by atoms with Crippen LogP contribution in [0.2, 0.25) is 0 Å². The topological polar surface area (TPSA) is 76.4 Å². The van der Waals surface area contributed by atoms with Gasteiger partial charge in [-0.05, 0) is 19.4 Å². The lowest BCUT2D eigenvalue weighted by Gasteiger charge is -2.20. The molecule has 1 aliphatic rings. The largest absolute Gasteiger partial charge is 0.382 e. The van der Waals surface area contributed by atoms with Crippen LogP contribution in [-0.2, 0) is 9.59 Å². The van der Waals surface area contributed by atoms with E-state index in [1.54, 1.807) is 29.4 Å². The number of nitrogens with one attached hydrogen (secondary N) is 1. The van der Waals surface area contributed by atoms with Crippen molar-refractivity contribution in [3.05, 3.63) is 47.3 Å². The minimum atomic E-state index is -0.412. The molecular weight excluding hydrogens is 482 g/mol. The molecule has 9 heteroatoms. The lowest BCUT2D eigenvalue weighted by Crippen LogP contribution is -2.19. The van der Waals surface area contributed by atoms with E-state index in [0.717, 1.165) is 0 Å². The Morgan fingerprint density at radius 3 is 2.63 bits per heavy atom. The summed E-state index contributed by atoms with van der Waals surface area (Å²) in [6.45, 7) is 6.84. The number of nitrogens with zero attached hydrogens (tertiary/aromatic N) is 3. The highest BCUT2D eigenvalue weighted by molar-refractivity contribution is 14.2. The number of hydrogen-bond donors (Lipinski definition) is 1. The van der Waals surface area contributed by atoms with Gasteiger partial charge in [0.05, 0.1) is 5.70 Å². The third-order valence-electron chi connectivity index (χ3n) is 3.77. The fraction of sp³-hybridized carbons (Fsp3) is 0.389. The average Bonchev–Trinajstić information content (AvgIpc) is 2.91. The smallest absolute Gasteiger partial charge is 0.221 e.